The lowest BCUT2D eigenvalue weighted by atomic mass is 10.2. The van der Waals surface area contributed by atoms with Gasteiger partial charge in [-0.3, -0.25) is 4.68 Å². The van der Waals surface area contributed by atoms with Gasteiger partial charge < -0.3 is 9.88 Å². The van der Waals surface area contributed by atoms with Crippen LogP contribution in [0, 0.1) is 13.8 Å². The third-order valence-electron chi connectivity index (χ3n) is 3.26. The first-order chi connectivity index (χ1) is 9.54. The molecular formula is C13H22N6S. The summed E-state index contributed by atoms with van der Waals surface area (Å²) in [5.41, 5.74) is 2.31. The summed E-state index contributed by atoms with van der Waals surface area (Å²) in [4.78, 5) is 0. The van der Waals surface area contributed by atoms with Crippen molar-refractivity contribution < 1.29 is 0 Å². The van der Waals surface area contributed by atoms with Crippen LogP contribution < -0.4 is 5.32 Å². The molecule has 0 aliphatic rings. The molecule has 0 aromatic carbocycles. The summed E-state index contributed by atoms with van der Waals surface area (Å²) in [6.45, 7) is 8.03. The minimum atomic E-state index is 0.840. The average Bonchev–Trinajstić information content (AvgIpc) is 2.86. The highest BCUT2D eigenvalue weighted by Gasteiger charge is 2.17. The molecule has 1 N–H and O–H groups in total. The zero-order chi connectivity index (χ0) is 14.7. The molecule has 0 radical (unpaired) electrons. The molecule has 0 unspecified atom stereocenters. The SMILES string of the molecule is CCCNCc1c(C)nn(C)c1Sc1nnc(C)n1C. The summed E-state index contributed by atoms with van der Waals surface area (Å²) >= 11 is 1.62. The monoisotopic (exact) mass is 294 g/mol. The van der Waals surface area contributed by atoms with E-state index in [2.05, 4.69) is 34.5 Å². The minimum Gasteiger partial charge on any atom is -0.313 e. The van der Waals surface area contributed by atoms with Crippen LogP contribution in [0.5, 0.6) is 0 Å². The van der Waals surface area contributed by atoms with Gasteiger partial charge in [0.2, 0.25) is 0 Å². The molecule has 0 aliphatic carbocycles. The molecule has 7 heteroatoms. The first-order valence-electron chi connectivity index (χ1n) is 6.81. The number of aryl methyl sites for hydroxylation is 3. The summed E-state index contributed by atoms with van der Waals surface area (Å²) in [5, 5.41) is 18.3. The molecule has 110 valence electrons. The number of hydrogen-bond acceptors (Lipinski definition) is 5. The fraction of sp³-hybridized carbons (Fsp3) is 0.615. The molecule has 6 nitrogen and oxygen atoms in total. The predicted octanol–water partition coefficient (Wildman–Crippen LogP) is 1.82. The van der Waals surface area contributed by atoms with E-state index >= 15 is 0 Å². The van der Waals surface area contributed by atoms with Crippen molar-refractivity contribution >= 4 is 11.8 Å². The normalized spacial score (nSPS) is 11.2. The van der Waals surface area contributed by atoms with Crippen LogP contribution in [-0.4, -0.2) is 31.1 Å². The van der Waals surface area contributed by atoms with E-state index in [1.165, 1.54) is 5.56 Å². The molecule has 2 aromatic rings. The molecule has 0 atom stereocenters. The van der Waals surface area contributed by atoms with Gasteiger partial charge in [0.05, 0.1) is 5.69 Å². The standard InChI is InChI=1S/C13H22N6S/c1-6-7-14-8-11-9(2)17-19(5)12(11)20-13-16-15-10(3)18(13)4/h14H,6-8H2,1-5H3. The molecule has 2 aromatic heterocycles. The van der Waals surface area contributed by atoms with Crippen LogP contribution in [0.4, 0.5) is 0 Å². The maximum absolute atomic E-state index is 4.52. The van der Waals surface area contributed by atoms with Crippen LogP contribution in [0.2, 0.25) is 0 Å². The second-order valence-electron chi connectivity index (χ2n) is 4.86. The lowest BCUT2D eigenvalue weighted by molar-refractivity contribution is 0.651. The fourth-order valence-electron chi connectivity index (χ4n) is 1.97. The Hall–Kier alpha value is -1.34. The van der Waals surface area contributed by atoms with Crippen molar-refractivity contribution in [3.05, 3.63) is 17.1 Å². The van der Waals surface area contributed by atoms with Crippen molar-refractivity contribution in [3.63, 3.8) is 0 Å². The van der Waals surface area contributed by atoms with E-state index in [1.807, 2.05) is 30.3 Å². The maximum atomic E-state index is 4.52. The lowest BCUT2D eigenvalue weighted by Crippen LogP contribution is -2.14. The van der Waals surface area contributed by atoms with Crippen LogP contribution in [0.1, 0.15) is 30.4 Å². The van der Waals surface area contributed by atoms with E-state index in [0.29, 0.717) is 0 Å². The summed E-state index contributed by atoms with van der Waals surface area (Å²) in [6, 6.07) is 0. The molecule has 0 saturated carbocycles. The molecular weight excluding hydrogens is 272 g/mol. The number of hydrogen-bond donors (Lipinski definition) is 1. The Kier molecular flexibility index (Phi) is 4.82. The van der Waals surface area contributed by atoms with Crippen LogP contribution in [0.25, 0.3) is 0 Å². The van der Waals surface area contributed by atoms with Gasteiger partial charge >= 0.3 is 0 Å². The van der Waals surface area contributed by atoms with Crippen molar-refractivity contribution in [3.8, 4) is 0 Å². The van der Waals surface area contributed by atoms with Gasteiger partial charge in [0.25, 0.3) is 0 Å². The zero-order valence-corrected chi connectivity index (χ0v) is 13.6. The van der Waals surface area contributed by atoms with Gasteiger partial charge in [0.15, 0.2) is 5.16 Å². The second-order valence-corrected chi connectivity index (χ2v) is 5.82. The summed E-state index contributed by atoms with van der Waals surface area (Å²) in [6.07, 6.45) is 1.13. The Morgan fingerprint density at radius 3 is 2.55 bits per heavy atom. The third kappa shape index (κ3) is 3.04. The van der Waals surface area contributed by atoms with Crippen LogP contribution >= 0.6 is 11.8 Å². The van der Waals surface area contributed by atoms with E-state index in [9.17, 15) is 0 Å². The Bertz CT molecular complexity index is 586. The van der Waals surface area contributed by atoms with Crippen LogP contribution in [-0.2, 0) is 20.6 Å². The largest absolute Gasteiger partial charge is 0.313 e. The van der Waals surface area contributed by atoms with E-state index in [0.717, 1.165) is 41.2 Å². The van der Waals surface area contributed by atoms with E-state index in [1.54, 1.807) is 11.8 Å². The van der Waals surface area contributed by atoms with Gasteiger partial charge in [0, 0.05) is 26.2 Å². The van der Waals surface area contributed by atoms with Gasteiger partial charge in [0.1, 0.15) is 10.9 Å². The first-order valence-corrected chi connectivity index (χ1v) is 7.63. The smallest absolute Gasteiger partial charge is 0.197 e. The van der Waals surface area contributed by atoms with Crippen LogP contribution in [0.15, 0.2) is 10.2 Å². The predicted molar refractivity (Wildman–Crippen MR) is 79.8 cm³/mol. The number of nitrogens with one attached hydrogen (secondary N) is 1. The van der Waals surface area contributed by atoms with Gasteiger partial charge in [-0.25, -0.2) is 0 Å². The highest BCUT2D eigenvalue weighted by molar-refractivity contribution is 7.99. The summed E-state index contributed by atoms with van der Waals surface area (Å²) < 4.78 is 3.92. The maximum Gasteiger partial charge on any atom is 0.197 e. The van der Waals surface area contributed by atoms with Crippen molar-refractivity contribution in [2.75, 3.05) is 6.54 Å². The number of aromatic nitrogens is 5. The number of nitrogens with zero attached hydrogens (tertiary/aromatic N) is 5. The molecule has 0 fully saturated rings. The van der Waals surface area contributed by atoms with Gasteiger partial charge in [-0.05, 0) is 38.6 Å². The van der Waals surface area contributed by atoms with E-state index < -0.39 is 0 Å². The highest BCUT2D eigenvalue weighted by Crippen LogP contribution is 2.30. The zero-order valence-electron chi connectivity index (χ0n) is 12.8. The minimum absolute atomic E-state index is 0.840. The molecule has 0 aliphatic heterocycles. The second kappa shape index (κ2) is 6.41. The summed E-state index contributed by atoms with van der Waals surface area (Å²) in [7, 11) is 3.96. The van der Waals surface area contributed by atoms with Gasteiger partial charge in [-0.1, -0.05) is 6.92 Å². The van der Waals surface area contributed by atoms with Crippen molar-refractivity contribution in [1.29, 1.82) is 0 Å². The third-order valence-corrected chi connectivity index (χ3v) is 4.50. The van der Waals surface area contributed by atoms with Gasteiger partial charge in [-0.15, -0.1) is 10.2 Å². The average molecular weight is 294 g/mol. The molecule has 20 heavy (non-hydrogen) atoms. The van der Waals surface area contributed by atoms with E-state index in [4.69, 9.17) is 0 Å². The van der Waals surface area contributed by atoms with E-state index in [-0.39, 0.29) is 0 Å². The van der Waals surface area contributed by atoms with Crippen molar-refractivity contribution in [1.82, 2.24) is 29.9 Å². The Labute approximate surface area is 124 Å². The highest BCUT2D eigenvalue weighted by atomic mass is 32.2. The van der Waals surface area contributed by atoms with Gasteiger partial charge in [-0.2, -0.15) is 5.10 Å². The molecule has 2 rings (SSSR count). The van der Waals surface area contributed by atoms with Crippen molar-refractivity contribution in [2.45, 2.75) is 43.9 Å². The quantitative estimate of drug-likeness (QED) is 0.823. The lowest BCUT2D eigenvalue weighted by Gasteiger charge is -2.07. The fourth-order valence-corrected chi connectivity index (χ4v) is 3.00. The van der Waals surface area contributed by atoms with Crippen LogP contribution in [0.3, 0.4) is 0 Å². The Morgan fingerprint density at radius 2 is 1.95 bits per heavy atom. The molecule has 0 amide bonds. The number of rotatable bonds is 6. The molecule has 0 spiro atoms. The van der Waals surface area contributed by atoms with Crippen molar-refractivity contribution in [2.24, 2.45) is 14.1 Å². The molecule has 0 saturated heterocycles. The molecule has 0 bridgehead atoms. The first kappa shape index (κ1) is 15.1. The Morgan fingerprint density at radius 1 is 1.20 bits per heavy atom. The topological polar surface area (TPSA) is 60.6 Å². The molecule has 2 heterocycles. The Balaban J connectivity index is 2.24. The summed E-state index contributed by atoms with van der Waals surface area (Å²) in [5.74, 6) is 0.914.